The van der Waals surface area contributed by atoms with Crippen molar-refractivity contribution in [1.29, 1.82) is 5.26 Å². The Hall–Kier alpha value is -3.10. The van der Waals surface area contributed by atoms with Crippen LogP contribution >= 0.6 is 0 Å². The number of hydrogen-bond acceptors (Lipinski definition) is 5. The van der Waals surface area contributed by atoms with E-state index >= 15 is 0 Å². The molecule has 2 aromatic heterocycles. The molecule has 5 heteroatoms. The number of hydrogen-bond donors (Lipinski definition) is 1. The number of pyridine rings is 1. The Morgan fingerprint density at radius 3 is 2.03 bits per heavy atom. The van der Waals surface area contributed by atoms with Gasteiger partial charge in [-0.3, -0.25) is 4.98 Å². The van der Waals surface area contributed by atoms with Crippen LogP contribution in [0.5, 0.6) is 0 Å². The van der Waals surface area contributed by atoms with Crippen molar-refractivity contribution in [3.63, 3.8) is 0 Å². The number of aromatic nitrogens is 3. The van der Waals surface area contributed by atoms with E-state index in [1.807, 2.05) is 45.0 Å². The molecule has 0 saturated heterocycles. The molecule has 1 aliphatic carbocycles. The van der Waals surface area contributed by atoms with Crippen molar-refractivity contribution < 1.29 is 5.11 Å². The van der Waals surface area contributed by atoms with E-state index in [2.05, 4.69) is 33.2 Å². The molecule has 1 aliphatic rings. The Bertz CT molecular complexity index is 1060. The monoisotopic (exact) mass is 398 g/mol. The van der Waals surface area contributed by atoms with E-state index in [0.717, 1.165) is 36.0 Å². The van der Waals surface area contributed by atoms with Crippen molar-refractivity contribution in [2.75, 3.05) is 0 Å². The summed E-state index contributed by atoms with van der Waals surface area (Å²) in [6, 6.07) is 14.5. The van der Waals surface area contributed by atoms with Crippen LogP contribution < -0.4 is 0 Å². The van der Waals surface area contributed by atoms with Gasteiger partial charge in [-0.1, -0.05) is 51.1 Å². The highest BCUT2D eigenvalue weighted by Crippen LogP contribution is 2.45. The van der Waals surface area contributed by atoms with Crippen LogP contribution in [0, 0.1) is 16.7 Å². The molecule has 0 aliphatic heterocycles. The van der Waals surface area contributed by atoms with Crippen LogP contribution in [0.2, 0.25) is 0 Å². The van der Waals surface area contributed by atoms with Crippen molar-refractivity contribution in [2.45, 2.75) is 51.0 Å². The van der Waals surface area contributed by atoms with Gasteiger partial charge in [0, 0.05) is 35.1 Å². The summed E-state index contributed by atoms with van der Waals surface area (Å²) in [6.45, 7) is 5.92. The van der Waals surface area contributed by atoms with Crippen LogP contribution in [-0.2, 0) is 11.0 Å². The lowest BCUT2D eigenvalue weighted by Crippen LogP contribution is -2.42. The Morgan fingerprint density at radius 2 is 1.57 bits per heavy atom. The zero-order chi connectivity index (χ0) is 21.4. The minimum absolute atomic E-state index is 0.304. The second-order valence-corrected chi connectivity index (χ2v) is 9.14. The number of nitriles is 1. The molecule has 1 unspecified atom stereocenters. The summed E-state index contributed by atoms with van der Waals surface area (Å²) in [4.78, 5) is 12.8. The highest BCUT2D eigenvalue weighted by Gasteiger charge is 2.45. The maximum Gasteiger partial charge on any atom is 0.139 e. The summed E-state index contributed by atoms with van der Waals surface area (Å²) >= 11 is 0. The molecule has 0 amide bonds. The van der Waals surface area contributed by atoms with Crippen LogP contribution in [0.15, 0.2) is 61.3 Å². The Morgan fingerprint density at radius 1 is 0.933 bits per heavy atom. The summed E-state index contributed by atoms with van der Waals surface area (Å²) in [7, 11) is 0. The molecule has 0 spiro atoms. The fraction of sp³-hybridized carbons (Fsp3) is 0.360. The van der Waals surface area contributed by atoms with Crippen molar-refractivity contribution in [2.24, 2.45) is 5.41 Å². The molecule has 5 nitrogen and oxygen atoms in total. The van der Waals surface area contributed by atoms with Crippen LogP contribution in [0.25, 0.3) is 11.1 Å². The molecule has 1 aromatic carbocycles. The molecule has 1 N–H and O–H groups in total. The molecule has 0 bridgehead atoms. The molecule has 1 fully saturated rings. The third kappa shape index (κ3) is 3.18. The normalized spacial score (nSPS) is 17.4. The van der Waals surface area contributed by atoms with Crippen molar-refractivity contribution in [3.8, 4) is 17.2 Å². The predicted molar refractivity (Wildman–Crippen MR) is 115 cm³/mol. The average Bonchev–Trinajstić information content (AvgIpc) is 2.73. The summed E-state index contributed by atoms with van der Waals surface area (Å²) in [5, 5.41) is 21.2. The van der Waals surface area contributed by atoms with Gasteiger partial charge < -0.3 is 5.11 Å². The number of aliphatic hydroxyl groups is 1. The van der Waals surface area contributed by atoms with Gasteiger partial charge in [0.25, 0.3) is 0 Å². The van der Waals surface area contributed by atoms with Gasteiger partial charge in [-0.2, -0.15) is 5.26 Å². The highest BCUT2D eigenvalue weighted by atomic mass is 16.3. The minimum atomic E-state index is -1.32. The molecule has 1 saturated carbocycles. The summed E-state index contributed by atoms with van der Waals surface area (Å²) in [5.41, 5.74) is 2.13. The van der Waals surface area contributed by atoms with Crippen molar-refractivity contribution in [3.05, 3.63) is 78.1 Å². The van der Waals surface area contributed by atoms with Gasteiger partial charge in [0.05, 0.1) is 17.2 Å². The lowest BCUT2D eigenvalue weighted by molar-refractivity contribution is -0.0301. The molecule has 152 valence electrons. The smallest absolute Gasteiger partial charge is 0.139 e. The van der Waals surface area contributed by atoms with E-state index in [-0.39, 0.29) is 5.41 Å². The Kier molecular flexibility index (Phi) is 4.91. The van der Waals surface area contributed by atoms with E-state index < -0.39 is 11.0 Å². The second-order valence-electron chi connectivity index (χ2n) is 9.14. The molecule has 1 atom stereocenters. The van der Waals surface area contributed by atoms with E-state index in [0.29, 0.717) is 11.3 Å². The Labute approximate surface area is 177 Å². The van der Waals surface area contributed by atoms with Crippen molar-refractivity contribution >= 4 is 0 Å². The van der Waals surface area contributed by atoms with E-state index in [4.69, 9.17) is 0 Å². The molecule has 2 heterocycles. The third-order valence-corrected chi connectivity index (χ3v) is 6.39. The molecule has 30 heavy (non-hydrogen) atoms. The summed E-state index contributed by atoms with van der Waals surface area (Å²) in [6.07, 6.45) is 9.50. The third-order valence-electron chi connectivity index (χ3n) is 6.39. The molecule has 4 rings (SSSR count). The number of rotatable bonds is 4. The van der Waals surface area contributed by atoms with Gasteiger partial charge >= 0.3 is 0 Å². The van der Waals surface area contributed by atoms with Crippen LogP contribution in [0.4, 0.5) is 0 Å². The van der Waals surface area contributed by atoms with Gasteiger partial charge in [-0.15, -0.1) is 0 Å². The zero-order valence-corrected chi connectivity index (χ0v) is 17.6. The lowest BCUT2D eigenvalue weighted by atomic mass is 9.65. The molecule has 0 radical (unpaired) electrons. The largest absolute Gasteiger partial charge is 0.378 e. The molecule has 3 aromatic rings. The topological polar surface area (TPSA) is 82.7 Å². The summed E-state index contributed by atoms with van der Waals surface area (Å²) in [5.74, 6) is 0. The van der Waals surface area contributed by atoms with Gasteiger partial charge in [-0.05, 0) is 36.5 Å². The van der Waals surface area contributed by atoms with Gasteiger partial charge in [0.1, 0.15) is 11.9 Å². The van der Waals surface area contributed by atoms with Gasteiger partial charge in [-0.25, -0.2) is 9.97 Å². The lowest BCUT2D eigenvalue weighted by Gasteiger charge is -2.39. The van der Waals surface area contributed by atoms with Crippen molar-refractivity contribution in [1.82, 2.24) is 15.0 Å². The fourth-order valence-corrected chi connectivity index (χ4v) is 4.21. The quantitative estimate of drug-likeness (QED) is 0.685. The predicted octanol–water partition coefficient (Wildman–Crippen LogP) is 4.77. The molecular weight excluding hydrogens is 372 g/mol. The fourth-order valence-electron chi connectivity index (χ4n) is 4.21. The summed E-state index contributed by atoms with van der Waals surface area (Å²) < 4.78 is 0. The minimum Gasteiger partial charge on any atom is -0.378 e. The average molecular weight is 399 g/mol. The maximum absolute atomic E-state index is 11.7. The van der Waals surface area contributed by atoms with Gasteiger partial charge in [0.2, 0.25) is 0 Å². The van der Waals surface area contributed by atoms with Gasteiger partial charge in [0.15, 0.2) is 0 Å². The SMILES string of the molecule is CC(C)(C)C(O)(c1cncnc1)c1ccc(-c2ccc(C3(C#N)CCC3)cc2)cn1. The zero-order valence-electron chi connectivity index (χ0n) is 17.6. The first-order chi connectivity index (χ1) is 14.3. The van der Waals surface area contributed by atoms with E-state index in [1.54, 1.807) is 18.6 Å². The van der Waals surface area contributed by atoms with Crippen LogP contribution in [0.1, 0.15) is 56.9 Å². The second kappa shape index (κ2) is 7.30. The standard InChI is InChI=1S/C25H26N4O/c1-23(2,3)25(30,21-14-27-17-28-15-21)22-10-7-19(13-29-22)18-5-8-20(9-6-18)24(16-26)11-4-12-24/h5-10,13-15,17,30H,4,11-12H2,1-3H3. The first kappa shape index (κ1) is 20.2. The highest BCUT2D eigenvalue weighted by molar-refractivity contribution is 5.63. The number of benzene rings is 1. The first-order valence-corrected chi connectivity index (χ1v) is 10.3. The number of nitrogens with zero attached hydrogens (tertiary/aromatic N) is 4. The van der Waals surface area contributed by atoms with Crippen LogP contribution in [0.3, 0.4) is 0 Å². The van der Waals surface area contributed by atoms with E-state index in [9.17, 15) is 10.4 Å². The Balaban J connectivity index is 1.66. The maximum atomic E-state index is 11.7. The molecular formula is C25H26N4O. The van der Waals surface area contributed by atoms with E-state index in [1.165, 1.54) is 6.33 Å². The first-order valence-electron chi connectivity index (χ1n) is 10.3. The van der Waals surface area contributed by atoms with Crippen LogP contribution in [-0.4, -0.2) is 20.1 Å².